The molecule has 3 aromatic rings. The predicted molar refractivity (Wildman–Crippen MR) is 126 cm³/mol. The Hall–Kier alpha value is -3.29. The lowest BCUT2D eigenvalue weighted by molar-refractivity contribution is -0.140. The van der Waals surface area contributed by atoms with E-state index in [0.717, 1.165) is 11.1 Å². The van der Waals surface area contributed by atoms with Crippen LogP contribution in [0.2, 0.25) is 10.0 Å². The van der Waals surface area contributed by atoms with E-state index in [9.17, 15) is 9.59 Å². The van der Waals surface area contributed by atoms with Gasteiger partial charge in [0.1, 0.15) is 23.8 Å². The van der Waals surface area contributed by atoms with Crippen LogP contribution in [0.5, 0.6) is 5.75 Å². The highest BCUT2D eigenvalue weighted by atomic mass is 35.5. The Bertz CT molecular complexity index is 1140. The van der Waals surface area contributed by atoms with Crippen molar-refractivity contribution in [1.82, 2.24) is 10.5 Å². The maximum Gasteiger partial charge on any atom is 0.307 e. The van der Waals surface area contributed by atoms with Gasteiger partial charge in [0, 0.05) is 18.2 Å². The molecule has 0 atom stereocenters. The van der Waals surface area contributed by atoms with Crippen molar-refractivity contribution >= 4 is 41.2 Å². The highest BCUT2D eigenvalue weighted by molar-refractivity contribution is 6.39. The maximum absolute atomic E-state index is 11.8. The molecule has 1 amide bonds. The number of methoxy groups -OCH3 is 1. The molecule has 2 aromatic carbocycles. The van der Waals surface area contributed by atoms with Crippen LogP contribution in [0.1, 0.15) is 23.3 Å². The number of aromatic nitrogens is 1. The van der Waals surface area contributed by atoms with Crippen molar-refractivity contribution in [3.63, 3.8) is 0 Å². The molecule has 0 aliphatic heterocycles. The Labute approximate surface area is 201 Å². The summed E-state index contributed by atoms with van der Waals surface area (Å²) in [7, 11) is 1.30. The van der Waals surface area contributed by atoms with Crippen molar-refractivity contribution in [3.8, 4) is 17.0 Å². The average Bonchev–Trinajstić information content (AvgIpc) is 3.16. The van der Waals surface area contributed by atoms with E-state index in [2.05, 4.69) is 15.2 Å². The average molecular weight is 489 g/mol. The van der Waals surface area contributed by atoms with Crippen LogP contribution >= 0.6 is 23.2 Å². The normalized spacial score (nSPS) is 10.9. The Morgan fingerprint density at radius 1 is 1.12 bits per heavy atom. The van der Waals surface area contributed by atoms with Crippen molar-refractivity contribution < 1.29 is 23.6 Å². The van der Waals surface area contributed by atoms with E-state index in [1.807, 2.05) is 12.1 Å². The molecule has 1 heterocycles. The Morgan fingerprint density at radius 2 is 1.82 bits per heavy atom. The molecular formula is C24H22Cl2N2O5. The first kappa shape index (κ1) is 24.4. The quantitative estimate of drug-likeness (QED) is 0.327. The topological polar surface area (TPSA) is 90.7 Å². The summed E-state index contributed by atoms with van der Waals surface area (Å²) in [6.45, 7) is 2.22. The van der Waals surface area contributed by atoms with E-state index in [1.54, 1.807) is 43.3 Å². The second-order valence-corrected chi connectivity index (χ2v) is 7.79. The third kappa shape index (κ3) is 6.60. The molecular weight excluding hydrogens is 467 g/mol. The van der Waals surface area contributed by atoms with E-state index < -0.39 is 0 Å². The van der Waals surface area contributed by atoms with Crippen molar-refractivity contribution in [2.45, 2.75) is 20.0 Å². The van der Waals surface area contributed by atoms with Gasteiger partial charge in [-0.2, -0.15) is 0 Å². The summed E-state index contributed by atoms with van der Waals surface area (Å²) in [5, 5.41) is 7.68. The van der Waals surface area contributed by atoms with Gasteiger partial charge in [-0.15, -0.1) is 0 Å². The van der Waals surface area contributed by atoms with Gasteiger partial charge < -0.3 is 19.3 Å². The van der Waals surface area contributed by atoms with Gasteiger partial charge in [0.05, 0.1) is 29.1 Å². The fourth-order valence-electron chi connectivity index (χ4n) is 2.93. The molecule has 9 heteroatoms. The molecule has 0 fully saturated rings. The van der Waals surface area contributed by atoms with Crippen LogP contribution in [0.4, 0.5) is 0 Å². The van der Waals surface area contributed by atoms with Gasteiger partial charge in [-0.05, 0) is 42.8 Å². The molecule has 0 saturated carbocycles. The minimum atomic E-state index is -0.377. The second kappa shape index (κ2) is 11.5. The number of amides is 1. The van der Waals surface area contributed by atoms with Crippen LogP contribution in [0.3, 0.4) is 0 Å². The molecule has 0 radical (unpaired) electrons. The first-order valence-electron chi connectivity index (χ1n) is 10.0. The molecule has 1 aromatic heterocycles. The minimum absolute atomic E-state index is 0.123. The van der Waals surface area contributed by atoms with Crippen LogP contribution in [0.25, 0.3) is 17.3 Å². The Balaban J connectivity index is 1.60. The lowest BCUT2D eigenvalue weighted by atomic mass is 10.1. The molecule has 172 valence electrons. The molecule has 0 saturated heterocycles. The third-order valence-electron chi connectivity index (χ3n) is 4.73. The Morgan fingerprint density at radius 3 is 2.48 bits per heavy atom. The molecule has 0 spiro atoms. The summed E-state index contributed by atoms with van der Waals surface area (Å²) in [4.78, 5) is 22.9. The molecule has 7 nitrogen and oxygen atoms in total. The number of nitrogens with zero attached hydrogens (tertiary/aromatic N) is 1. The molecule has 3 rings (SSSR count). The summed E-state index contributed by atoms with van der Waals surface area (Å²) in [5.74, 6) is 0.566. The van der Waals surface area contributed by atoms with Crippen LogP contribution in [0, 0.1) is 6.92 Å². The number of benzene rings is 2. The number of hydrogen-bond donors (Lipinski definition) is 1. The molecule has 0 aliphatic rings. The van der Waals surface area contributed by atoms with Gasteiger partial charge in [-0.25, -0.2) is 0 Å². The number of esters is 1. The van der Waals surface area contributed by atoms with Gasteiger partial charge in [0.15, 0.2) is 0 Å². The van der Waals surface area contributed by atoms with Gasteiger partial charge in [0.25, 0.3) is 0 Å². The maximum atomic E-state index is 11.8. The van der Waals surface area contributed by atoms with E-state index >= 15 is 0 Å². The number of rotatable bonds is 9. The monoisotopic (exact) mass is 488 g/mol. The summed E-state index contributed by atoms with van der Waals surface area (Å²) in [5.41, 5.74) is 2.70. The van der Waals surface area contributed by atoms with Crippen molar-refractivity contribution in [3.05, 3.63) is 75.5 Å². The third-order valence-corrected chi connectivity index (χ3v) is 5.36. The highest BCUT2D eigenvalue weighted by Crippen LogP contribution is 2.37. The molecule has 0 aliphatic carbocycles. The highest BCUT2D eigenvalue weighted by Gasteiger charge is 2.20. The molecule has 33 heavy (non-hydrogen) atoms. The smallest absolute Gasteiger partial charge is 0.307 e. The van der Waals surface area contributed by atoms with Crippen molar-refractivity contribution in [2.24, 2.45) is 0 Å². The van der Waals surface area contributed by atoms with E-state index in [1.165, 1.54) is 13.2 Å². The number of hydrogen-bond acceptors (Lipinski definition) is 6. The van der Waals surface area contributed by atoms with Crippen molar-refractivity contribution in [1.29, 1.82) is 0 Å². The van der Waals surface area contributed by atoms with Crippen molar-refractivity contribution in [2.75, 3.05) is 13.7 Å². The van der Waals surface area contributed by atoms with Gasteiger partial charge in [-0.1, -0.05) is 46.6 Å². The van der Waals surface area contributed by atoms with Crippen LogP contribution in [-0.2, 0) is 20.9 Å². The lowest BCUT2D eigenvalue weighted by Crippen LogP contribution is -2.24. The summed E-state index contributed by atoms with van der Waals surface area (Å²) >= 11 is 12.6. The number of carbonyl (C=O) groups is 2. The first-order chi connectivity index (χ1) is 15.9. The fourth-order valence-corrected chi connectivity index (χ4v) is 3.51. The van der Waals surface area contributed by atoms with Gasteiger partial charge in [0.2, 0.25) is 5.91 Å². The van der Waals surface area contributed by atoms with E-state index in [0.29, 0.717) is 32.8 Å². The first-order valence-corrected chi connectivity index (χ1v) is 10.8. The summed E-state index contributed by atoms with van der Waals surface area (Å²) in [6.07, 6.45) is 3.18. The molecule has 0 unspecified atom stereocenters. The zero-order valence-corrected chi connectivity index (χ0v) is 19.6. The summed E-state index contributed by atoms with van der Waals surface area (Å²) < 4.78 is 15.8. The van der Waals surface area contributed by atoms with Crippen LogP contribution in [-0.4, -0.2) is 30.7 Å². The number of aryl methyl sites for hydroxylation is 1. The number of halogens is 2. The van der Waals surface area contributed by atoms with Gasteiger partial charge >= 0.3 is 5.97 Å². The molecule has 0 bridgehead atoms. The Kier molecular flexibility index (Phi) is 8.52. The SMILES string of the molecule is COC(=O)CCNC(=O)/C=C/c1ccc(OCc2c(-c3c(Cl)cccc3Cl)noc2C)cc1. The number of ether oxygens (including phenoxy) is 2. The minimum Gasteiger partial charge on any atom is -0.489 e. The standard InChI is InChI=1S/C24H22Cl2N2O5/c1-15-18(24(28-33-15)23-19(25)4-3-5-20(23)26)14-32-17-9-6-16(7-10-17)8-11-21(29)27-13-12-22(30)31-2/h3-11H,12-14H2,1-2H3,(H,27,29)/b11-8+. The zero-order valence-electron chi connectivity index (χ0n) is 18.1. The number of carbonyl (C=O) groups excluding carboxylic acids is 2. The van der Waals surface area contributed by atoms with E-state index in [4.69, 9.17) is 32.5 Å². The van der Waals surface area contributed by atoms with Crippen LogP contribution in [0.15, 0.2) is 53.1 Å². The van der Waals surface area contributed by atoms with E-state index in [-0.39, 0.29) is 31.4 Å². The number of nitrogens with one attached hydrogen (secondary N) is 1. The van der Waals surface area contributed by atoms with Gasteiger partial charge in [-0.3, -0.25) is 9.59 Å². The predicted octanol–water partition coefficient (Wildman–Crippen LogP) is 5.23. The fraction of sp³-hybridized carbons (Fsp3) is 0.208. The zero-order chi connectivity index (χ0) is 23.8. The largest absolute Gasteiger partial charge is 0.489 e. The van der Waals surface area contributed by atoms with Crippen LogP contribution < -0.4 is 10.1 Å². The molecule has 1 N–H and O–H groups in total. The second-order valence-electron chi connectivity index (χ2n) is 6.97. The summed E-state index contributed by atoms with van der Waals surface area (Å²) in [6, 6.07) is 12.5. The lowest BCUT2D eigenvalue weighted by Gasteiger charge is -2.09.